The molecule has 0 saturated carbocycles. The first-order valence-electron chi connectivity index (χ1n) is 7.51. The Balaban J connectivity index is 2.00. The van der Waals surface area contributed by atoms with Crippen molar-refractivity contribution in [1.82, 2.24) is 9.78 Å². The Labute approximate surface area is 124 Å². The maximum Gasteiger partial charge on any atom is 0.214 e. The Morgan fingerprint density at radius 2 is 2.14 bits per heavy atom. The average Bonchev–Trinajstić information content (AvgIpc) is 3.12. The van der Waals surface area contributed by atoms with Gasteiger partial charge in [0, 0.05) is 12.1 Å². The largest absolute Gasteiger partial charge is 0.493 e. The highest BCUT2D eigenvalue weighted by atomic mass is 16.5. The summed E-state index contributed by atoms with van der Waals surface area (Å²) in [5.41, 5.74) is 3.96. The number of benzene rings is 1. The maximum atomic E-state index is 12.8. The van der Waals surface area contributed by atoms with Crippen LogP contribution in [0.15, 0.2) is 24.4 Å². The van der Waals surface area contributed by atoms with Crippen molar-refractivity contribution in [3.05, 3.63) is 46.8 Å². The van der Waals surface area contributed by atoms with Gasteiger partial charge in [0.25, 0.3) is 0 Å². The third kappa shape index (κ3) is 2.46. The second-order valence-electron chi connectivity index (χ2n) is 5.45. The number of carbonyl (C=O) groups excluding carboxylic acids is 1. The second kappa shape index (κ2) is 5.72. The number of nitrogens with zero attached hydrogens (tertiary/aromatic N) is 2. The minimum Gasteiger partial charge on any atom is -0.493 e. The van der Waals surface area contributed by atoms with Crippen molar-refractivity contribution in [2.75, 3.05) is 7.11 Å². The number of aromatic nitrogens is 2. The zero-order valence-corrected chi connectivity index (χ0v) is 12.6. The number of rotatable bonds is 5. The molecule has 110 valence electrons. The Morgan fingerprint density at radius 3 is 2.90 bits per heavy atom. The summed E-state index contributed by atoms with van der Waals surface area (Å²) in [6, 6.07) is 6.05. The van der Waals surface area contributed by atoms with Gasteiger partial charge in [0.15, 0.2) is 11.4 Å². The van der Waals surface area contributed by atoms with E-state index >= 15 is 0 Å². The summed E-state index contributed by atoms with van der Waals surface area (Å²) in [7, 11) is 1.58. The Kier molecular flexibility index (Phi) is 3.78. The predicted octanol–water partition coefficient (Wildman–Crippen LogP) is 3.02. The number of aryl methyl sites for hydroxylation is 3. The number of ether oxygens (including phenoxy) is 1. The molecule has 0 radical (unpaired) electrons. The van der Waals surface area contributed by atoms with E-state index in [2.05, 4.69) is 18.1 Å². The molecule has 1 aliphatic carbocycles. The normalized spacial score (nSPS) is 13.2. The zero-order valence-electron chi connectivity index (χ0n) is 12.6. The molecule has 0 N–H and O–H groups in total. The van der Waals surface area contributed by atoms with Crippen LogP contribution in [0.5, 0.6) is 5.75 Å². The van der Waals surface area contributed by atoms with Crippen molar-refractivity contribution < 1.29 is 9.53 Å². The third-order valence-corrected chi connectivity index (χ3v) is 4.04. The molecule has 0 bridgehead atoms. The van der Waals surface area contributed by atoms with Crippen LogP contribution in [0.25, 0.3) is 0 Å². The van der Waals surface area contributed by atoms with Gasteiger partial charge >= 0.3 is 0 Å². The summed E-state index contributed by atoms with van der Waals surface area (Å²) in [5, 5.41) is 4.27. The average molecular weight is 284 g/mol. The van der Waals surface area contributed by atoms with Gasteiger partial charge in [-0.15, -0.1) is 0 Å². The van der Waals surface area contributed by atoms with E-state index in [1.54, 1.807) is 18.0 Å². The van der Waals surface area contributed by atoms with E-state index in [-0.39, 0.29) is 5.78 Å². The molecule has 0 saturated heterocycles. The van der Waals surface area contributed by atoms with Gasteiger partial charge in [0.05, 0.1) is 13.3 Å². The van der Waals surface area contributed by atoms with Crippen molar-refractivity contribution in [1.29, 1.82) is 0 Å². The van der Waals surface area contributed by atoms with Gasteiger partial charge in [0.1, 0.15) is 0 Å². The molecule has 0 amide bonds. The molecule has 0 atom stereocenters. The van der Waals surface area contributed by atoms with Crippen LogP contribution in [0.4, 0.5) is 0 Å². The fourth-order valence-electron chi connectivity index (χ4n) is 2.98. The first-order chi connectivity index (χ1) is 10.2. The van der Waals surface area contributed by atoms with Crippen molar-refractivity contribution in [2.45, 2.75) is 39.2 Å². The predicted molar refractivity (Wildman–Crippen MR) is 81.0 cm³/mol. The number of hydrogen-bond donors (Lipinski definition) is 0. The lowest BCUT2D eigenvalue weighted by Crippen LogP contribution is -2.13. The summed E-state index contributed by atoms with van der Waals surface area (Å²) in [6.45, 7) is 2.78. The first-order valence-corrected chi connectivity index (χ1v) is 7.51. The van der Waals surface area contributed by atoms with Crippen molar-refractivity contribution in [3.8, 4) is 5.75 Å². The van der Waals surface area contributed by atoms with Gasteiger partial charge in [-0.25, -0.2) is 0 Å². The molecule has 1 aliphatic rings. The van der Waals surface area contributed by atoms with Gasteiger partial charge in [-0.1, -0.05) is 19.1 Å². The topological polar surface area (TPSA) is 44.1 Å². The smallest absolute Gasteiger partial charge is 0.214 e. The number of hydrogen-bond acceptors (Lipinski definition) is 3. The molecular weight excluding hydrogens is 264 g/mol. The van der Waals surface area contributed by atoms with Gasteiger partial charge in [-0.2, -0.15) is 5.10 Å². The number of fused-ring (bicyclic) bond motifs is 1. The Morgan fingerprint density at radius 1 is 1.33 bits per heavy atom. The van der Waals surface area contributed by atoms with E-state index in [1.807, 2.05) is 12.1 Å². The van der Waals surface area contributed by atoms with Gasteiger partial charge in [0.2, 0.25) is 5.78 Å². The molecule has 0 fully saturated rings. The monoisotopic (exact) mass is 284 g/mol. The fourth-order valence-corrected chi connectivity index (χ4v) is 2.98. The van der Waals surface area contributed by atoms with Crippen LogP contribution < -0.4 is 4.74 Å². The lowest BCUT2D eigenvalue weighted by molar-refractivity contribution is 0.102. The van der Waals surface area contributed by atoms with Crippen molar-refractivity contribution in [2.24, 2.45) is 0 Å². The van der Waals surface area contributed by atoms with E-state index in [0.717, 1.165) is 31.4 Å². The van der Waals surface area contributed by atoms with Gasteiger partial charge in [-0.3, -0.25) is 9.48 Å². The minimum absolute atomic E-state index is 0.00694. The van der Waals surface area contributed by atoms with Crippen LogP contribution in [-0.4, -0.2) is 22.7 Å². The molecule has 0 unspecified atom stereocenters. The molecule has 4 heteroatoms. The highest BCUT2D eigenvalue weighted by Gasteiger charge is 2.22. The van der Waals surface area contributed by atoms with E-state index in [0.29, 0.717) is 11.4 Å². The van der Waals surface area contributed by atoms with Crippen molar-refractivity contribution >= 4 is 5.78 Å². The number of carbonyl (C=O) groups is 1. The zero-order chi connectivity index (χ0) is 14.8. The Hall–Kier alpha value is -2.10. The standard InChI is InChI=1S/C17H20N2O2/c1-3-9-19-16(15(21-2)11-18-19)17(20)14-8-7-12-5-4-6-13(12)10-14/h7-8,10-11H,3-6,9H2,1-2H3. The van der Waals surface area contributed by atoms with Crippen LogP contribution in [0, 0.1) is 0 Å². The van der Waals surface area contributed by atoms with Crippen LogP contribution >= 0.6 is 0 Å². The lowest BCUT2D eigenvalue weighted by atomic mass is 10.0. The molecular formula is C17H20N2O2. The summed E-state index contributed by atoms with van der Waals surface area (Å²) in [6.07, 6.45) is 5.93. The molecule has 4 nitrogen and oxygen atoms in total. The summed E-state index contributed by atoms with van der Waals surface area (Å²) < 4.78 is 7.05. The number of methoxy groups -OCH3 is 1. The quantitative estimate of drug-likeness (QED) is 0.793. The van der Waals surface area contributed by atoms with Crippen LogP contribution in [0.2, 0.25) is 0 Å². The fraction of sp³-hybridized carbons (Fsp3) is 0.412. The van der Waals surface area contributed by atoms with E-state index in [9.17, 15) is 4.79 Å². The molecule has 0 spiro atoms. The molecule has 1 heterocycles. The van der Waals surface area contributed by atoms with E-state index < -0.39 is 0 Å². The Bertz CT molecular complexity index is 673. The molecule has 1 aromatic carbocycles. The molecule has 3 rings (SSSR count). The number of ketones is 1. The molecule has 2 aromatic rings. The van der Waals surface area contributed by atoms with E-state index in [1.165, 1.54) is 17.5 Å². The highest BCUT2D eigenvalue weighted by Crippen LogP contribution is 2.26. The maximum absolute atomic E-state index is 12.8. The van der Waals surface area contributed by atoms with Crippen LogP contribution in [-0.2, 0) is 19.4 Å². The summed E-state index contributed by atoms with van der Waals surface area (Å²) in [4.78, 5) is 12.8. The minimum atomic E-state index is -0.00694. The molecule has 21 heavy (non-hydrogen) atoms. The second-order valence-corrected chi connectivity index (χ2v) is 5.45. The van der Waals surface area contributed by atoms with Crippen molar-refractivity contribution in [3.63, 3.8) is 0 Å². The third-order valence-electron chi connectivity index (χ3n) is 4.04. The highest BCUT2D eigenvalue weighted by molar-refractivity contribution is 6.09. The summed E-state index contributed by atoms with van der Waals surface area (Å²) >= 11 is 0. The van der Waals surface area contributed by atoms with Crippen LogP contribution in [0.1, 0.15) is 46.9 Å². The molecule has 0 aliphatic heterocycles. The first kappa shape index (κ1) is 13.9. The van der Waals surface area contributed by atoms with Gasteiger partial charge in [-0.05, 0) is 42.9 Å². The van der Waals surface area contributed by atoms with Gasteiger partial charge < -0.3 is 4.74 Å². The SMILES string of the molecule is CCCn1ncc(OC)c1C(=O)c1ccc2c(c1)CCC2. The summed E-state index contributed by atoms with van der Waals surface area (Å²) in [5.74, 6) is 0.543. The van der Waals surface area contributed by atoms with E-state index in [4.69, 9.17) is 4.74 Å². The molecule has 1 aromatic heterocycles. The lowest BCUT2D eigenvalue weighted by Gasteiger charge is -2.09. The van der Waals surface area contributed by atoms with Crippen LogP contribution in [0.3, 0.4) is 0 Å².